The van der Waals surface area contributed by atoms with Crippen LogP contribution in [0.5, 0.6) is 40.2 Å². The van der Waals surface area contributed by atoms with Gasteiger partial charge in [0.25, 0.3) is 0 Å². The van der Waals surface area contributed by atoms with E-state index in [0.29, 0.717) is 5.56 Å². The van der Waals surface area contributed by atoms with Crippen LogP contribution in [-0.2, 0) is 9.47 Å². The molecule has 1 heterocycles. The van der Waals surface area contributed by atoms with E-state index in [1.165, 1.54) is 24.3 Å². The number of aliphatic hydroxyl groups is 3. The Hall–Kier alpha value is -4.69. The second-order valence-electron chi connectivity index (χ2n) is 8.87. The Morgan fingerprint density at radius 3 is 2.10 bits per heavy atom. The molecule has 0 amide bonds. The first kappa shape index (κ1) is 28.3. The monoisotopic (exact) mass is 558 g/mol. The zero-order valence-electron chi connectivity index (χ0n) is 20.5. The van der Waals surface area contributed by atoms with Crippen molar-refractivity contribution < 1.29 is 65.0 Å². The SMILES string of the molecule is O=C(O[C@H]1[C@H](Oc2c(O)cc(O)cc2C=Cc2ccc(O)cc2)O[C@H](CO)[C@@H](O)[C@@H]1O)c1cc(O)c(O)c(O)c1. The van der Waals surface area contributed by atoms with Gasteiger partial charge in [0.15, 0.2) is 34.9 Å². The highest BCUT2D eigenvalue weighted by atomic mass is 16.7. The molecular formula is C27H26O13. The Morgan fingerprint density at radius 1 is 0.825 bits per heavy atom. The lowest BCUT2D eigenvalue weighted by Gasteiger charge is -2.41. The predicted molar refractivity (Wildman–Crippen MR) is 136 cm³/mol. The number of aromatic hydroxyl groups is 6. The summed E-state index contributed by atoms with van der Waals surface area (Å²) in [6, 6.07) is 9.83. The molecule has 1 fully saturated rings. The maximum absolute atomic E-state index is 12.8. The maximum atomic E-state index is 12.8. The number of phenolic OH excluding ortho intramolecular Hbond substituents is 6. The zero-order valence-corrected chi connectivity index (χ0v) is 20.5. The Balaban J connectivity index is 1.67. The standard InChI is InChI=1S/C27H26O13/c28-11-20-22(35)23(36)25(39-26(37)14-8-17(31)21(34)18(32)9-14)27(38-20)40-24-13(7-16(30)10-19(24)33)4-1-12-2-5-15(29)6-3-12/h1-10,20,22-23,25,27-36H,11H2/t20-,22-,23+,25-,27+/m1/s1. The summed E-state index contributed by atoms with van der Waals surface area (Å²) < 4.78 is 16.6. The molecular weight excluding hydrogens is 532 g/mol. The smallest absolute Gasteiger partial charge is 0.339 e. The Morgan fingerprint density at radius 2 is 1.48 bits per heavy atom. The molecule has 212 valence electrons. The minimum atomic E-state index is -1.88. The molecule has 3 aromatic carbocycles. The van der Waals surface area contributed by atoms with Crippen molar-refractivity contribution in [1.29, 1.82) is 0 Å². The van der Waals surface area contributed by atoms with Gasteiger partial charge in [0.1, 0.15) is 29.8 Å². The topological polar surface area (TPSA) is 227 Å². The second-order valence-corrected chi connectivity index (χ2v) is 8.87. The molecule has 9 N–H and O–H groups in total. The number of carbonyl (C=O) groups is 1. The number of esters is 1. The molecule has 13 heteroatoms. The third kappa shape index (κ3) is 5.97. The summed E-state index contributed by atoms with van der Waals surface area (Å²) in [6.45, 7) is -0.770. The minimum Gasteiger partial charge on any atom is -0.508 e. The quantitative estimate of drug-likeness (QED) is 0.113. The molecule has 0 spiro atoms. The molecule has 4 rings (SSSR count). The van der Waals surface area contributed by atoms with Gasteiger partial charge in [-0.15, -0.1) is 0 Å². The van der Waals surface area contributed by atoms with Gasteiger partial charge in [0, 0.05) is 11.6 Å². The molecule has 1 saturated heterocycles. The molecule has 1 aliphatic heterocycles. The van der Waals surface area contributed by atoms with E-state index in [4.69, 9.17) is 14.2 Å². The molecule has 13 nitrogen and oxygen atoms in total. The van der Waals surface area contributed by atoms with Gasteiger partial charge in [0.2, 0.25) is 6.29 Å². The van der Waals surface area contributed by atoms with Crippen molar-refractivity contribution in [2.45, 2.75) is 30.7 Å². The van der Waals surface area contributed by atoms with E-state index in [9.17, 15) is 50.8 Å². The molecule has 0 saturated carbocycles. The van der Waals surface area contributed by atoms with Crippen molar-refractivity contribution in [2.75, 3.05) is 6.61 Å². The first-order valence-electron chi connectivity index (χ1n) is 11.8. The van der Waals surface area contributed by atoms with Gasteiger partial charge in [0.05, 0.1) is 12.2 Å². The largest absolute Gasteiger partial charge is 0.508 e. The molecule has 3 aromatic rings. The van der Waals surface area contributed by atoms with Crippen LogP contribution in [0.4, 0.5) is 0 Å². The van der Waals surface area contributed by atoms with Crippen molar-refractivity contribution in [1.82, 2.24) is 0 Å². The van der Waals surface area contributed by atoms with Gasteiger partial charge in [-0.1, -0.05) is 24.3 Å². The number of hydrogen-bond acceptors (Lipinski definition) is 13. The molecule has 0 aliphatic carbocycles. The Kier molecular flexibility index (Phi) is 8.21. The number of aliphatic hydroxyl groups excluding tert-OH is 3. The van der Waals surface area contributed by atoms with E-state index in [-0.39, 0.29) is 22.8 Å². The van der Waals surface area contributed by atoms with Crippen molar-refractivity contribution in [3.8, 4) is 40.2 Å². The number of carbonyl (C=O) groups excluding carboxylic acids is 1. The first-order valence-corrected chi connectivity index (χ1v) is 11.8. The number of phenols is 6. The summed E-state index contributed by atoms with van der Waals surface area (Å²) in [7, 11) is 0. The first-order chi connectivity index (χ1) is 19.0. The highest BCUT2D eigenvalue weighted by Crippen LogP contribution is 2.39. The van der Waals surface area contributed by atoms with Crippen LogP contribution in [0.3, 0.4) is 0 Å². The molecule has 40 heavy (non-hydrogen) atoms. The predicted octanol–water partition coefficient (Wildman–Crippen LogP) is 1.13. The Labute approximate surface area is 226 Å². The van der Waals surface area contributed by atoms with E-state index in [1.807, 2.05) is 0 Å². The fourth-order valence-corrected chi connectivity index (χ4v) is 3.95. The lowest BCUT2D eigenvalue weighted by molar-refractivity contribution is -0.276. The van der Waals surface area contributed by atoms with Crippen LogP contribution in [0.2, 0.25) is 0 Å². The van der Waals surface area contributed by atoms with Gasteiger partial charge in [-0.25, -0.2) is 4.79 Å². The van der Waals surface area contributed by atoms with Crippen molar-refractivity contribution >= 4 is 18.1 Å². The number of ether oxygens (including phenoxy) is 3. The van der Waals surface area contributed by atoms with Crippen LogP contribution < -0.4 is 4.74 Å². The molecule has 0 unspecified atom stereocenters. The fourth-order valence-electron chi connectivity index (χ4n) is 3.95. The van der Waals surface area contributed by atoms with Crippen molar-refractivity contribution in [2.24, 2.45) is 0 Å². The van der Waals surface area contributed by atoms with Crippen LogP contribution in [0, 0.1) is 0 Å². The lowest BCUT2D eigenvalue weighted by atomic mass is 9.99. The summed E-state index contributed by atoms with van der Waals surface area (Å²) in [5.74, 6) is -4.94. The Bertz CT molecular complexity index is 1380. The van der Waals surface area contributed by atoms with E-state index in [2.05, 4.69) is 0 Å². The summed E-state index contributed by atoms with van der Waals surface area (Å²) in [6.07, 6.45) is -5.53. The molecule has 0 aromatic heterocycles. The third-order valence-electron chi connectivity index (χ3n) is 6.04. The number of hydrogen-bond donors (Lipinski definition) is 9. The average Bonchev–Trinajstić information content (AvgIpc) is 2.91. The fraction of sp³-hybridized carbons (Fsp3) is 0.222. The van der Waals surface area contributed by atoms with E-state index in [0.717, 1.165) is 18.2 Å². The van der Waals surface area contributed by atoms with Crippen molar-refractivity contribution in [3.05, 3.63) is 65.2 Å². The van der Waals surface area contributed by atoms with Crippen LogP contribution in [0.25, 0.3) is 12.2 Å². The molecule has 1 aliphatic rings. The van der Waals surface area contributed by atoms with Gasteiger partial charge < -0.3 is 60.2 Å². The summed E-state index contributed by atoms with van der Waals surface area (Å²) >= 11 is 0. The van der Waals surface area contributed by atoms with E-state index < -0.39 is 71.8 Å². The molecule has 0 bridgehead atoms. The van der Waals surface area contributed by atoms with E-state index in [1.54, 1.807) is 18.2 Å². The molecule has 0 radical (unpaired) electrons. The van der Waals surface area contributed by atoms with Gasteiger partial charge in [-0.2, -0.15) is 0 Å². The third-order valence-corrected chi connectivity index (χ3v) is 6.04. The van der Waals surface area contributed by atoms with Crippen LogP contribution in [-0.4, -0.2) is 89.2 Å². The molecule has 5 atom stereocenters. The van der Waals surface area contributed by atoms with Crippen LogP contribution in [0.15, 0.2) is 48.5 Å². The summed E-state index contributed by atoms with van der Waals surface area (Å²) in [4.78, 5) is 12.8. The minimum absolute atomic E-state index is 0.0446. The second kappa shape index (κ2) is 11.6. The van der Waals surface area contributed by atoms with Crippen molar-refractivity contribution in [3.63, 3.8) is 0 Å². The van der Waals surface area contributed by atoms with Crippen LogP contribution >= 0.6 is 0 Å². The van der Waals surface area contributed by atoms with Gasteiger partial charge in [-0.05, 0) is 35.9 Å². The maximum Gasteiger partial charge on any atom is 0.339 e. The van der Waals surface area contributed by atoms with Gasteiger partial charge >= 0.3 is 5.97 Å². The summed E-state index contributed by atoms with van der Waals surface area (Å²) in [5, 5.41) is 89.7. The van der Waals surface area contributed by atoms with E-state index >= 15 is 0 Å². The average molecular weight is 558 g/mol. The highest BCUT2D eigenvalue weighted by Gasteiger charge is 2.48. The number of benzene rings is 3. The summed E-state index contributed by atoms with van der Waals surface area (Å²) in [5.41, 5.74) is 0.294. The van der Waals surface area contributed by atoms with Gasteiger partial charge in [-0.3, -0.25) is 0 Å². The lowest BCUT2D eigenvalue weighted by Crippen LogP contribution is -2.61. The number of rotatable bonds is 7. The zero-order chi connectivity index (χ0) is 29.1. The highest BCUT2D eigenvalue weighted by molar-refractivity contribution is 5.91. The normalized spacial score (nSPS) is 22.7. The van der Waals surface area contributed by atoms with Crippen LogP contribution in [0.1, 0.15) is 21.5 Å².